The number of benzene rings is 2. The fourth-order valence-corrected chi connectivity index (χ4v) is 5.35. The normalized spacial score (nSPS) is 19.6. The number of ether oxygens (including phenoxy) is 1. The molecule has 3 aliphatic rings. The summed E-state index contributed by atoms with van der Waals surface area (Å²) in [6.45, 7) is 0.228. The summed E-state index contributed by atoms with van der Waals surface area (Å²) in [5.74, 6) is -0.920. The number of carboxylic acids is 1. The molecule has 0 radical (unpaired) electrons. The van der Waals surface area contributed by atoms with E-state index in [1.165, 1.54) is 11.1 Å². The lowest BCUT2D eigenvalue weighted by Crippen LogP contribution is -2.53. The summed E-state index contributed by atoms with van der Waals surface area (Å²) >= 11 is 0. The van der Waals surface area contributed by atoms with Crippen molar-refractivity contribution in [3.05, 3.63) is 59.7 Å². The van der Waals surface area contributed by atoms with E-state index in [0.717, 1.165) is 43.2 Å². The van der Waals surface area contributed by atoms with Crippen molar-refractivity contribution < 1.29 is 19.4 Å². The van der Waals surface area contributed by atoms with Gasteiger partial charge in [-0.1, -0.05) is 67.8 Å². The Balaban J connectivity index is 1.39. The second kappa shape index (κ2) is 7.46. The van der Waals surface area contributed by atoms with Gasteiger partial charge in [-0.15, -0.1) is 0 Å². The molecule has 0 heterocycles. The lowest BCUT2D eigenvalue weighted by molar-refractivity contribution is -0.145. The SMILES string of the molecule is O=C(OCC1c2ccccc2-c2ccccc21)N(C1CCCCC1)C1(C(=O)O)CC1. The lowest BCUT2D eigenvalue weighted by Gasteiger charge is -2.38. The largest absolute Gasteiger partial charge is 0.479 e. The first kappa shape index (κ1) is 19.2. The lowest BCUT2D eigenvalue weighted by atomic mass is 9.93. The molecule has 5 rings (SSSR count). The molecule has 2 aromatic carbocycles. The summed E-state index contributed by atoms with van der Waals surface area (Å²) in [4.78, 5) is 26.8. The van der Waals surface area contributed by atoms with Gasteiger partial charge in [0.1, 0.15) is 12.1 Å². The van der Waals surface area contributed by atoms with Gasteiger partial charge in [0.25, 0.3) is 0 Å². The minimum atomic E-state index is -1.06. The summed E-state index contributed by atoms with van der Waals surface area (Å²) in [6.07, 6.45) is 5.50. The number of carboxylic acid groups (broad SMARTS) is 1. The maximum Gasteiger partial charge on any atom is 0.411 e. The highest BCUT2D eigenvalue weighted by molar-refractivity contribution is 5.88. The molecule has 30 heavy (non-hydrogen) atoms. The first-order valence-electron chi connectivity index (χ1n) is 11.0. The number of hydrogen-bond acceptors (Lipinski definition) is 3. The second-order valence-corrected chi connectivity index (χ2v) is 8.80. The van der Waals surface area contributed by atoms with Crippen molar-refractivity contribution in [1.29, 1.82) is 0 Å². The van der Waals surface area contributed by atoms with Crippen LogP contribution in [0.1, 0.15) is 62.0 Å². The smallest absolute Gasteiger partial charge is 0.411 e. The zero-order valence-corrected chi connectivity index (χ0v) is 17.0. The van der Waals surface area contributed by atoms with Crippen LogP contribution >= 0.6 is 0 Å². The molecule has 1 N–H and O–H groups in total. The monoisotopic (exact) mass is 405 g/mol. The number of aliphatic carboxylic acids is 1. The Morgan fingerprint density at radius 2 is 1.50 bits per heavy atom. The fourth-order valence-electron chi connectivity index (χ4n) is 5.35. The summed E-state index contributed by atoms with van der Waals surface area (Å²) in [5, 5.41) is 9.84. The maximum absolute atomic E-state index is 13.3. The molecule has 1 amide bonds. The number of hydrogen-bond donors (Lipinski definition) is 1. The van der Waals surface area contributed by atoms with Crippen LogP contribution in [0.2, 0.25) is 0 Å². The van der Waals surface area contributed by atoms with E-state index in [2.05, 4.69) is 24.3 Å². The third-order valence-electron chi connectivity index (χ3n) is 7.06. The third-order valence-corrected chi connectivity index (χ3v) is 7.06. The van der Waals surface area contributed by atoms with Crippen molar-refractivity contribution in [1.82, 2.24) is 4.90 Å². The average Bonchev–Trinajstić information content (AvgIpc) is 3.51. The Bertz CT molecular complexity index is 929. The standard InChI is InChI=1S/C25H27NO4/c27-23(28)25(14-15-25)26(17-8-2-1-3-9-17)24(29)30-16-22-20-12-6-4-10-18(20)19-11-5-7-13-21(19)22/h4-7,10-13,17,22H,1-3,8-9,14-16H2,(H,27,28). The summed E-state index contributed by atoms with van der Waals surface area (Å²) in [6, 6.07) is 16.4. The summed E-state index contributed by atoms with van der Waals surface area (Å²) in [7, 11) is 0. The number of nitrogens with zero attached hydrogens (tertiary/aromatic N) is 1. The van der Waals surface area contributed by atoms with Gasteiger partial charge >= 0.3 is 12.1 Å². The van der Waals surface area contributed by atoms with Gasteiger partial charge in [0, 0.05) is 12.0 Å². The van der Waals surface area contributed by atoms with E-state index in [4.69, 9.17) is 4.74 Å². The van der Waals surface area contributed by atoms with Crippen LogP contribution < -0.4 is 0 Å². The molecule has 2 aromatic rings. The second-order valence-electron chi connectivity index (χ2n) is 8.80. The number of carbonyl (C=O) groups excluding carboxylic acids is 1. The van der Waals surface area contributed by atoms with Gasteiger partial charge in [-0.2, -0.15) is 0 Å². The predicted octanol–water partition coefficient (Wildman–Crippen LogP) is 5.19. The minimum Gasteiger partial charge on any atom is -0.479 e. The molecule has 2 saturated carbocycles. The van der Waals surface area contributed by atoms with E-state index >= 15 is 0 Å². The fraction of sp³-hybridized carbons (Fsp3) is 0.440. The maximum atomic E-state index is 13.3. The Morgan fingerprint density at radius 3 is 2.03 bits per heavy atom. The number of amides is 1. The van der Waals surface area contributed by atoms with Crippen LogP contribution in [0.4, 0.5) is 4.79 Å². The van der Waals surface area contributed by atoms with Crippen LogP contribution in [0.3, 0.4) is 0 Å². The van der Waals surface area contributed by atoms with Crippen LogP contribution in [-0.4, -0.2) is 40.3 Å². The first-order chi connectivity index (χ1) is 14.6. The molecule has 5 nitrogen and oxygen atoms in total. The molecule has 0 aliphatic heterocycles. The molecule has 0 saturated heterocycles. The summed E-state index contributed by atoms with van der Waals surface area (Å²) in [5.41, 5.74) is 3.63. The highest BCUT2D eigenvalue weighted by Gasteiger charge is 2.59. The van der Waals surface area contributed by atoms with Crippen molar-refractivity contribution in [3.63, 3.8) is 0 Å². The highest BCUT2D eigenvalue weighted by atomic mass is 16.6. The third kappa shape index (κ3) is 3.08. The molecule has 0 spiro atoms. The first-order valence-corrected chi connectivity index (χ1v) is 11.0. The van der Waals surface area contributed by atoms with Gasteiger partial charge < -0.3 is 9.84 Å². The molecule has 0 atom stereocenters. The zero-order valence-electron chi connectivity index (χ0n) is 17.0. The Kier molecular flexibility index (Phi) is 4.76. The van der Waals surface area contributed by atoms with Crippen molar-refractivity contribution >= 4 is 12.1 Å². The highest BCUT2D eigenvalue weighted by Crippen LogP contribution is 2.47. The van der Waals surface area contributed by atoms with Gasteiger partial charge in [0.15, 0.2) is 0 Å². The number of rotatable bonds is 5. The Morgan fingerprint density at radius 1 is 0.933 bits per heavy atom. The molecule has 0 unspecified atom stereocenters. The van der Waals surface area contributed by atoms with Crippen LogP contribution in [0, 0.1) is 0 Å². The molecule has 5 heteroatoms. The zero-order chi connectivity index (χ0) is 20.7. The predicted molar refractivity (Wildman–Crippen MR) is 113 cm³/mol. The van der Waals surface area contributed by atoms with Gasteiger partial charge in [0.05, 0.1) is 0 Å². The van der Waals surface area contributed by atoms with E-state index < -0.39 is 17.6 Å². The topological polar surface area (TPSA) is 66.8 Å². The minimum absolute atomic E-state index is 0.0189. The van der Waals surface area contributed by atoms with Crippen LogP contribution in [0.25, 0.3) is 11.1 Å². The van der Waals surface area contributed by atoms with Crippen LogP contribution in [-0.2, 0) is 9.53 Å². The van der Waals surface area contributed by atoms with E-state index in [9.17, 15) is 14.7 Å². The van der Waals surface area contributed by atoms with Crippen LogP contribution in [0.15, 0.2) is 48.5 Å². The molecule has 2 fully saturated rings. The molecule has 0 bridgehead atoms. The van der Waals surface area contributed by atoms with E-state index in [1.54, 1.807) is 4.90 Å². The summed E-state index contributed by atoms with van der Waals surface area (Å²) < 4.78 is 5.86. The van der Waals surface area contributed by atoms with Gasteiger partial charge in [-0.3, -0.25) is 4.90 Å². The molecular formula is C25H27NO4. The van der Waals surface area contributed by atoms with E-state index in [-0.39, 0.29) is 18.6 Å². The van der Waals surface area contributed by atoms with Crippen molar-refractivity contribution in [2.75, 3.05) is 6.61 Å². The van der Waals surface area contributed by atoms with Crippen LogP contribution in [0.5, 0.6) is 0 Å². The van der Waals surface area contributed by atoms with Gasteiger partial charge in [0.2, 0.25) is 0 Å². The van der Waals surface area contributed by atoms with Crippen molar-refractivity contribution in [2.45, 2.75) is 62.4 Å². The van der Waals surface area contributed by atoms with Gasteiger partial charge in [-0.25, -0.2) is 9.59 Å². The molecule has 3 aliphatic carbocycles. The molecule has 0 aromatic heterocycles. The molecular weight excluding hydrogens is 378 g/mol. The van der Waals surface area contributed by atoms with E-state index in [1.807, 2.05) is 24.3 Å². The molecule has 156 valence electrons. The Hall–Kier alpha value is -2.82. The Labute approximate surface area is 176 Å². The van der Waals surface area contributed by atoms with Crippen molar-refractivity contribution in [2.24, 2.45) is 0 Å². The van der Waals surface area contributed by atoms with E-state index in [0.29, 0.717) is 12.8 Å². The number of fused-ring (bicyclic) bond motifs is 3. The average molecular weight is 405 g/mol. The van der Waals surface area contributed by atoms with Gasteiger partial charge in [-0.05, 0) is 47.9 Å². The number of carbonyl (C=O) groups is 2. The van der Waals surface area contributed by atoms with Crippen molar-refractivity contribution in [3.8, 4) is 11.1 Å². The quantitative estimate of drug-likeness (QED) is 0.744.